The third kappa shape index (κ3) is 5.32. The summed E-state index contributed by atoms with van der Waals surface area (Å²) in [6.07, 6.45) is 3.08. The highest BCUT2D eigenvalue weighted by molar-refractivity contribution is 7.14. The number of anilines is 2. The van der Waals surface area contributed by atoms with E-state index in [2.05, 4.69) is 15.6 Å². The molecule has 0 atom stereocenters. The number of rotatable bonds is 5. The van der Waals surface area contributed by atoms with Gasteiger partial charge in [-0.2, -0.15) is 0 Å². The van der Waals surface area contributed by atoms with Crippen molar-refractivity contribution in [3.63, 3.8) is 0 Å². The molecule has 3 aromatic rings. The molecule has 27 heavy (non-hydrogen) atoms. The van der Waals surface area contributed by atoms with E-state index in [0.29, 0.717) is 16.5 Å². The van der Waals surface area contributed by atoms with Crippen LogP contribution in [0.25, 0.3) is 17.3 Å². The number of nitrogens with one attached hydrogen (secondary N) is 2. The first kappa shape index (κ1) is 18.5. The molecule has 0 saturated heterocycles. The van der Waals surface area contributed by atoms with Crippen LogP contribution in [0.3, 0.4) is 0 Å². The van der Waals surface area contributed by atoms with E-state index < -0.39 is 0 Å². The summed E-state index contributed by atoms with van der Waals surface area (Å²) >= 11 is 1.30. The Kier molecular flexibility index (Phi) is 5.73. The maximum Gasteiger partial charge on any atom is 0.250 e. The smallest absolute Gasteiger partial charge is 0.250 e. The van der Waals surface area contributed by atoms with Gasteiger partial charge >= 0.3 is 0 Å². The van der Waals surface area contributed by atoms with Crippen LogP contribution < -0.4 is 10.6 Å². The predicted octanol–water partition coefficient (Wildman–Crippen LogP) is 4.56. The minimum absolute atomic E-state index is 0.138. The van der Waals surface area contributed by atoms with Gasteiger partial charge in [-0.15, -0.1) is 11.3 Å². The quantitative estimate of drug-likeness (QED) is 0.637. The SMILES string of the molecule is CC(=O)Nc1ccc(/C=C/C(=O)Nc2nc(-c3ccc(F)cc3)cs2)cc1. The number of hydrogen-bond donors (Lipinski definition) is 2. The van der Waals surface area contributed by atoms with Gasteiger partial charge in [-0.25, -0.2) is 9.37 Å². The molecule has 0 spiro atoms. The molecule has 136 valence electrons. The van der Waals surface area contributed by atoms with Gasteiger partial charge in [-0.3, -0.25) is 14.9 Å². The first-order chi connectivity index (χ1) is 13.0. The molecule has 0 aliphatic heterocycles. The fourth-order valence-electron chi connectivity index (χ4n) is 2.28. The van der Waals surface area contributed by atoms with Gasteiger partial charge < -0.3 is 5.32 Å². The summed E-state index contributed by atoms with van der Waals surface area (Å²) in [6.45, 7) is 1.44. The zero-order chi connectivity index (χ0) is 19.2. The Morgan fingerprint density at radius 3 is 2.41 bits per heavy atom. The lowest BCUT2D eigenvalue weighted by molar-refractivity contribution is -0.114. The summed E-state index contributed by atoms with van der Waals surface area (Å²) in [5.41, 5.74) is 2.97. The number of carbonyl (C=O) groups is 2. The Morgan fingerprint density at radius 1 is 1.04 bits per heavy atom. The summed E-state index contributed by atoms with van der Waals surface area (Å²) in [4.78, 5) is 27.4. The zero-order valence-electron chi connectivity index (χ0n) is 14.4. The molecule has 5 nitrogen and oxygen atoms in total. The van der Waals surface area contributed by atoms with Crippen LogP contribution in [0.1, 0.15) is 12.5 Å². The topological polar surface area (TPSA) is 71.1 Å². The fraction of sp³-hybridized carbons (Fsp3) is 0.0500. The lowest BCUT2D eigenvalue weighted by Crippen LogP contribution is -2.07. The van der Waals surface area contributed by atoms with E-state index in [9.17, 15) is 14.0 Å². The molecule has 0 unspecified atom stereocenters. The highest BCUT2D eigenvalue weighted by atomic mass is 32.1. The Morgan fingerprint density at radius 2 is 1.74 bits per heavy atom. The molecule has 0 fully saturated rings. The zero-order valence-corrected chi connectivity index (χ0v) is 15.2. The summed E-state index contributed by atoms with van der Waals surface area (Å²) in [6, 6.07) is 13.1. The maximum absolute atomic E-state index is 13.0. The van der Waals surface area contributed by atoms with E-state index in [0.717, 1.165) is 11.1 Å². The summed E-state index contributed by atoms with van der Waals surface area (Å²) in [5, 5.41) is 7.64. The van der Waals surface area contributed by atoms with E-state index in [1.54, 1.807) is 47.9 Å². The average molecular weight is 381 g/mol. The Labute approximate surface area is 159 Å². The van der Waals surface area contributed by atoms with E-state index in [1.807, 2.05) is 0 Å². The van der Waals surface area contributed by atoms with Crippen molar-refractivity contribution in [3.05, 3.63) is 71.4 Å². The van der Waals surface area contributed by atoms with Crippen molar-refractivity contribution in [2.45, 2.75) is 6.92 Å². The van der Waals surface area contributed by atoms with Crippen LogP contribution in [0, 0.1) is 5.82 Å². The molecule has 0 aliphatic carbocycles. The lowest BCUT2D eigenvalue weighted by Gasteiger charge is -2.01. The number of benzene rings is 2. The number of nitrogens with zero attached hydrogens (tertiary/aromatic N) is 1. The summed E-state index contributed by atoms with van der Waals surface area (Å²) < 4.78 is 13.0. The Balaban J connectivity index is 1.60. The van der Waals surface area contributed by atoms with Crippen LogP contribution >= 0.6 is 11.3 Å². The molecular formula is C20H16FN3O2S. The number of halogens is 1. The molecule has 2 amide bonds. The number of thiazole rings is 1. The molecule has 0 aliphatic rings. The third-order valence-corrected chi connectivity index (χ3v) is 4.29. The molecule has 2 aromatic carbocycles. The van der Waals surface area contributed by atoms with Crippen molar-refractivity contribution < 1.29 is 14.0 Å². The average Bonchev–Trinajstić information content (AvgIpc) is 3.09. The minimum Gasteiger partial charge on any atom is -0.326 e. The van der Waals surface area contributed by atoms with Crippen LogP contribution in [0.5, 0.6) is 0 Å². The van der Waals surface area contributed by atoms with E-state index in [1.165, 1.54) is 36.5 Å². The van der Waals surface area contributed by atoms with Gasteiger partial charge in [0.05, 0.1) is 5.69 Å². The monoisotopic (exact) mass is 381 g/mol. The number of hydrogen-bond acceptors (Lipinski definition) is 4. The molecule has 0 saturated carbocycles. The Bertz CT molecular complexity index is 979. The van der Waals surface area contributed by atoms with Crippen molar-refractivity contribution in [1.29, 1.82) is 0 Å². The van der Waals surface area contributed by atoms with Gasteiger partial charge in [-0.1, -0.05) is 12.1 Å². The van der Waals surface area contributed by atoms with Crippen LogP contribution in [0.15, 0.2) is 60.0 Å². The molecule has 0 radical (unpaired) electrons. The maximum atomic E-state index is 13.0. The molecule has 2 N–H and O–H groups in total. The molecule has 0 bridgehead atoms. The second kappa shape index (κ2) is 8.37. The second-order valence-electron chi connectivity index (χ2n) is 5.67. The second-order valence-corrected chi connectivity index (χ2v) is 6.53. The molecule has 1 aromatic heterocycles. The first-order valence-electron chi connectivity index (χ1n) is 8.08. The number of aromatic nitrogens is 1. The fourth-order valence-corrected chi connectivity index (χ4v) is 3.01. The molecule has 1 heterocycles. The first-order valence-corrected chi connectivity index (χ1v) is 8.96. The van der Waals surface area contributed by atoms with E-state index >= 15 is 0 Å². The highest BCUT2D eigenvalue weighted by Gasteiger charge is 2.06. The molecule has 3 rings (SSSR count). The summed E-state index contributed by atoms with van der Waals surface area (Å²) in [7, 11) is 0. The van der Waals surface area contributed by atoms with Crippen molar-refractivity contribution in [2.24, 2.45) is 0 Å². The van der Waals surface area contributed by atoms with Gasteiger partial charge in [0.15, 0.2) is 5.13 Å². The number of carbonyl (C=O) groups excluding carboxylic acids is 2. The van der Waals surface area contributed by atoms with E-state index in [4.69, 9.17) is 0 Å². The lowest BCUT2D eigenvalue weighted by atomic mass is 10.2. The van der Waals surface area contributed by atoms with Gasteiger partial charge in [0, 0.05) is 29.6 Å². The standard InChI is InChI=1S/C20H16FN3O2S/c1-13(25)22-17-9-2-14(3-10-17)4-11-19(26)24-20-23-18(12-27-20)15-5-7-16(21)8-6-15/h2-12H,1H3,(H,22,25)(H,23,24,26)/b11-4+. The van der Waals surface area contributed by atoms with Gasteiger partial charge in [0.25, 0.3) is 0 Å². The van der Waals surface area contributed by atoms with Crippen molar-refractivity contribution >= 4 is 40.0 Å². The van der Waals surface area contributed by atoms with Gasteiger partial charge in [-0.05, 0) is 48.0 Å². The van der Waals surface area contributed by atoms with Crippen LogP contribution in [0.2, 0.25) is 0 Å². The van der Waals surface area contributed by atoms with Gasteiger partial charge in [0.1, 0.15) is 5.82 Å². The number of amides is 2. The van der Waals surface area contributed by atoms with Gasteiger partial charge in [0.2, 0.25) is 11.8 Å². The van der Waals surface area contributed by atoms with Crippen LogP contribution in [0.4, 0.5) is 15.2 Å². The van der Waals surface area contributed by atoms with Crippen LogP contribution in [-0.2, 0) is 9.59 Å². The highest BCUT2D eigenvalue weighted by Crippen LogP contribution is 2.25. The van der Waals surface area contributed by atoms with Crippen molar-refractivity contribution in [3.8, 4) is 11.3 Å². The largest absolute Gasteiger partial charge is 0.326 e. The molecular weight excluding hydrogens is 365 g/mol. The third-order valence-electron chi connectivity index (χ3n) is 3.53. The van der Waals surface area contributed by atoms with E-state index in [-0.39, 0.29) is 17.6 Å². The van der Waals surface area contributed by atoms with Crippen LogP contribution in [-0.4, -0.2) is 16.8 Å². The summed E-state index contributed by atoms with van der Waals surface area (Å²) in [5.74, 6) is -0.750. The minimum atomic E-state index is -0.308. The van der Waals surface area contributed by atoms with Crippen molar-refractivity contribution in [2.75, 3.05) is 10.6 Å². The molecule has 7 heteroatoms. The van der Waals surface area contributed by atoms with Crippen molar-refractivity contribution in [1.82, 2.24) is 4.98 Å². The normalized spacial score (nSPS) is 10.7. The predicted molar refractivity (Wildman–Crippen MR) is 106 cm³/mol. The Hall–Kier alpha value is -3.32.